The van der Waals surface area contributed by atoms with Crippen LogP contribution in [0.1, 0.15) is 45.1 Å². The standard InChI is InChI=1S/C20H27N5OS/c1-12-5-4-6-17(9-12)25-20(22-23-24-25)27-14(3)19(26)21-13(2)18-11-15-7-8-16(18)10-15/h4-6,9,13-16,18H,7-8,10-11H2,1-3H3,(H,21,26). The molecule has 2 aliphatic rings. The van der Waals surface area contributed by atoms with E-state index in [0.717, 1.165) is 23.1 Å². The Morgan fingerprint density at radius 3 is 2.85 bits per heavy atom. The minimum absolute atomic E-state index is 0.0639. The molecule has 6 nitrogen and oxygen atoms in total. The molecule has 27 heavy (non-hydrogen) atoms. The quantitative estimate of drug-likeness (QED) is 0.772. The first kappa shape index (κ1) is 18.5. The molecule has 1 heterocycles. The highest BCUT2D eigenvalue weighted by Gasteiger charge is 2.42. The van der Waals surface area contributed by atoms with Crippen LogP contribution in [-0.2, 0) is 4.79 Å². The molecular weight excluding hydrogens is 358 g/mol. The molecule has 7 heteroatoms. The van der Waals surface area contributed by atoms with E-state index in [1.165, 1.54) is 37.4 Å². The van der Waals surface area contributed by atoms with E-state index in [2.05, 4.69) is 27.8 Å². The highest BCUT2D eigenvalue weighted by atomic mass is 32.2. The molecule has 1 aromatic carbocycles. The van der Waals surface area contributed by atoms with Gasteiger partial charge in [0.2, 0.25) is 11.1 Å². The summed E-state index contributed by atoms with van der Waals surface area (Å²) in [5, 5.41) is 15.6. The summed E-state index contributed by atoms with van der Waals surface area (Å²) >= 11 is 1.40. The molecule has 0 spiro atoms. The Hall–Kier alpha value is -1.89. The Morgan fingerprint density at radius 2 is 2.15 bits per heavy atom. The van der Waals surface area contributed by atoms with Crippen LogP contribution in [0.3, 0.4) is 0 Å². The van der Waals surface area contributed by atoms with Crippen molar-refractivity contribution in [3.63, 3.8) is 0 Å². The number of amides is 1. The molecule has 144 valence electrons. The second kappa shape index (κ2) is 7.62. The third-order valence-electron chi connectivity index (χ3n) is 6.14. The van der Waals surface area contributed by atoms with Gasteiger partial charge in [-0.1, -0.05) is 30.3 Å². The van der Waals surface area contributed by atoms with Crippen LogP contribution in [0.5, 0.6) is 0 Å². The van der Waals surface area contributed by atoms with Crippen molar-refractivity contribution in [1.29, 1.82) is 0 Å². The Kier molecular flexibility index (Phi) is 5.21. The van der Waals surface area contributed by atoms with Crippen molar-refractivity contribution in [3.05, 3.63) is 29.8 Å². The van der Waals surface area contributed by atoms with Gasteiger partial charge >= 0.3 is 0 Å². The van der Waals surface area contributed by atoms with Crippen molar-refractivity contribution in [2.45, 2.75) is 62.9 Å². The zero-order chi connectivity index (χ0) is 19.0. The maximum atomic E-state index is 12.7. The number of aromatic nitrogens is 4. The van der Waals surface area contributed by atoms with E-state index in [-0.39, 0.29) is 17.2 Å². The predicted molar refractivity (Wildman–Crippen MR) is 106 cm³/mol. The number of nitrogens with zero attached hydrogens (tertiary/aromatic N) is 4. The lowest BCUT2D eigenvalue weighted by molar-refractivity contribution is -0.121. The van der Waals surface area contributed by atoms with E-state index < -0.39 is 0 Å². The normalized spacial score (nSPS) is 26.1. The molecule has 2 aliphatic carbocycles. The number of thioether (sulfide) groups is 1. The van der Waals surface area contributed by atoms with E-state index in [1.54, 1.807) is 4.68 Å². The predicted octanol–water partition coefficient (Wildman–Crippen LogP) is 3.39. The van der Waals surface area contributed by atoms with Crippen molar-refractivity contribution in [2.75, 3.05) is 0 Å². The van der Waals surface area contributed by atoms with Gasteiger partial charge in [0.05, 0.1) is 10.9 Å². The summed E-state index contributed by atoms with van der Waals surface area (Å²) in [4.78, 5) is 12.7. The number of aryl methyl sites for hydroxylation is 1. The van der Waals surface area contributed by atoms with Gasteiger partial charge in [0.25, 0.3) is 0 Å². The molecule has 5 atom stereocenters. The summed E-state index contributed by atoms with van der Waals surface area (Å²) in [5.41, 5.74) is 2.05. The zero-order valence-electron chi connectivity index (χ0n) is 16.1. The van der Waals surface area contributed by atoms with Gasteiger partial charge in [-0.3, -0.25) is 4.79 Å². The van der Waals surface area contributed by atoms with Gasteiger partial charge in [0.1, 0.15) is 0 Å². The molecule has 1 N–H and O–H groups in total. The smallest absolute Gasteiger partial charge is 0.233 e. The van der Waals surface area contributed by atoms with Crippen molar-refractivity contribution in [3.8, 4) is 5.69 Å². The topological polar surface area (TPSA) is 72.7 Å². The van der Waals surface area contributed by atoms with Crippen molar-refractivity contribution in [2.24, 2.45) is 17.8 Å². The van der Waals surface area contributed by atoms with Gasteiger partial charge in [-0.2, -0.15) is 4.68 Å². The first-order chi connectivity index (χ1) is 13.0. The van der Waals surface area contributed by atoms with Crippen LogP contribution in [0.2, 0.25) is 0 Å². The number of fused-ring (bicyclic) bond motifs is 2. The lowest BCUT2D eigenvalue weighted by Crippen LogP contribution is -2.43. The summed E-state index contributed by atoms with van der Waals surface area (Å²) < 4.78 is 1.70. The van der Waals surface area contributed by atoms with Crippen molar-refractivity contribution in [1.82, 2.24) is 25.5 Å². The van der Waals surface area contributed by atoms with Crippen LogP contribution in [0.15, 0.2) is 29.4 Å². The molecule has 2 bridgehead atoms. The molecule has 2 saturated carbocycles. The van der Waals surface area contributed by atoms with Crippen LogP contribution in [0.4, 0.5) is 0 Å². The van der Waals surface area contributed by atoms with E-state index in [9.17, 15) is 4.79 Å². The van der Waals surface area contributed by atoms with Gasteiger partial charge in [-0.15, -0.1) is 5.10 Å². The summed E-state index contributed by atoms with van der Waals surface area (Å²) in [7, 11) is 0. The summed E-state index contributed by atoms with van der Waals surface area (Å²) in [5.74, 6) is 2.41. The molecule has 1 aromatic heterocycles. The van der Waals surface area contributed by atoms with Gasteiger partial charge in [0.15, 0.2) is 0 Å². The molecule has 0 aliphatic heterocycles. The summed E-state index contributed by atoms with van der Waals surface area (Å²) in [6, 6.07) is 8.25. The van der Waals surface area contributed by atoms with Crippen molar-refractivity contribution >= 4 is 17.7 Å². The number of hydrogen-bond donors (Lipinski definition) is 1. The summed E-state index contributed by atoms with van der Waals surface area (Å²) in [6.07, 6.45) is 5.36. The molecule has 2 fully saturated rings. The average Bonchev–Trinajstić information content (AvgIpc) is 3.38. The molecule has 5 unspecified atom stereocenters. The van der Waals surface area contributed by atoms with Crippen LogP contribution in [0, 0.1) is 24.7 Å². The molecule has 0 radical (unpaired) electrons. The van der Waals surface area contributed by atoms with Crippen molar-refractivity contribution < 1.29 is 4.79 Å². The Balaban J connectivity index is 1.38. The van der Waals surface area contributed by atoms with Gasteiger partial charge in [0, 0.05) is 6.04 Å². The molecule has 1 amide bonds. The zero-order valence-corrected chi connectivity index (χ0v) is 16.9. The van der Waals surface area contributed by atoms with E-state index in [1.807, 2.05) is 38.1 Å². The third kappa shape index (κ3) is 3.88. The molecular formula is C20H27N5OS. The first-order valence-corrected chi connectivity index (χ1v) is 10.7. The average molecular weight is 386 g/mol. The second-order valence-electron chi connectivity index (χ2n) is 8.11. The minimum atomic E-state index is -0.249. The largest absolute Gasteiger partial charge is 0.352 e. The number of carbonyl (C=O) groups is 1. The molecule has 0 saturated heterocycles. The second-order valence-corrected chi connectivity index (χ2v) is 9.42. The van der Waals surface area contributed by atoms with E-state index in [0.29, 0.717) is 11.1 Å². The Morgan fingerprint density at radius 1 is 1.30 bits per heavy atom. The van der Waals surface area contributed by atoms with E-state index >= 15 is 0 Å². The number of tetrazole rings is 1. The highest BCUT2D eigenvalue weighted by Crippen LogP contribution is 2.49. The number of carbonyl (C=O) groups excluding carboxylic acids is 1. The third-order valence-corrected chi connectivity index (χ3v) is 7.18. The Labute approximate surface area is 164 Å². The molecule has 2 aromatic rings. The fraction of sp³-hybridized carbons (Fsp3) is 0.600. The van der Waals surface area contributed by atoms with Crippen LogP contribution >= 0.6 is 11.8 Å². The highest BCUT2D eigenvalue weighted by molar-refractivity contribution is 8.00. The maximum absolute atomic E-state index is 12.7. The number of rotatable bonds is 6. The van der Waals surface area contributed by atoms with Gasteiger partial charge < -0.3 is 5.32 Å². The molecule has 4 rings (SSSR count). The van der Waals surface area contributed by atoms with Gasteiger partial charge in [-0.05, 0) is 85.9 Å². The number of benzene rings is 1. The fourth-order valence-corrected chi connectivity index (χ4v) is 5.56. The van der Waals surface area contributed by atoms with Gasteiger partial charge in [-0.25, -0.2) is 0 Å². The SMILES string of the molecule is Cc1cccc(-n2nnnc2SC(C)C(=O)NC(C)C2CC3CCC2C3)c1. The first-order valence-electron chi connectivity index (χ1n) is 9.83. The lowest BCUT2D eigenvalue weighted by atomic mass is 9.84. The number of hydrogen-bond acceptors (Lipinski definition) is 5. The Bertz CT molecular complexity index is 822. The lowest BCUT2D eigenvalue weighted by Gasteiger charge is -2.29. The maximum Gasteiger partial charge on any atom is 0.233 e. The van der Waals surface area contributed by atoms with Crippen LogP contribution < -0.4 is 5.32 Å². The number of nitrogens with one attached hydrogen (secondary N) is 1. The fourth-order valence-electron chi connectivity index (χ4n) is 4.74. The minimum Gasteiger partial charge on any atom is -0.352 e. The summed E-state index contributed by atoms with van der Waals surface area (Å²) in [6.45, 7) is 6.12. The van der Waals surface area contributed by atoms with Crippen LogP contribution in [-0.4, -0.2) is 37.4 Å². The van der Waals surface area contributed by atoms with Crippen LogP contribution in [0.25, 0.3) is 5.69 Å². The monoisotopic (exact) mass is 385 g/mol. The van der Waals surface area contributed by atoms with E-state index in [4.69, 9.17) is 0 Å².